The van der Waals surface area contributed by atoms with E-state index in [-0.39, 0.29) is 63.5 Å². The molecular formula is C50H85N15O21. The van der Waals surface area contributed by atoms with Gasteiger partial charge < -0.3 is 107 Å². The van der Waals surface area contributed by atoms with Gasteiger partial charge in [0.1, 0.15) is 54.4 Å². The molecule has 0 aromatic heterocycles. The largest absolute Gasteiger partial charge is 0.481 e. The zero-order chi connectivity index (χ0) is 66.0. The van der Waals surface area contributed by atoms with Crippen LogP contribution < -0.4 is 76.5 Å². The third-order valence-electron chi connectivity index (χ3n) is 12.5. The average Bonchev–Trinajstić information content (AvgIpc) is 3.63. The van der Waals surface area contributed by atoms with E-state index in [1.165, 1.54) is 0 Å². The molecule has 0 saturated heterocycles. The van der Waals surface area contributed by atoms with Gasteiger partial charge in [0.25, 0.3) is 0 Å². The number of aliphatic hydroxyl groups is 1. The molecule has 0 heterocycles. The maximum absolute atomic E-state index is 14.0. The summed E-state index contributed by atoms with van der Waals surface area (Å²) in [7, 11) is 0. The van der Waals surface area contributed by atoms with E-state index in [0.29, 0.717) is 0 Å². The number of guanidine groups is 1. The smallest absolute Gasteiger partial charge is 0.326 e. The Morgan fingerprint density at radius 2 is 0.767 bits per heavy atom. The van der Waals surface area contributed by atoms with Crippen molar-refractivity contribution in [1.29, 1.82) is 0 Å². The summed E-state index contributed by atoms with van der Waals surface area (Å²) in [6.45, 7) is 5.64. The highest BCUT2D eigenvalue weighted by Crippen LogP contribution is 2.12. The van der Waals surface area contributed by atoms with Crippen molar-refractivity contribution in [2.45, 2.75) is 197 Å². The highest BCUT2D eigenvalue weighted by Gasteiger charge is 2.36. The number of nitrogens with one attached hydrogen (secondary N) is 9. The molecule has 0 aromatic rings. The van der Waals surface area contributed by atoms with Gasteiger partial charge in [0, 0.05) is 38.6 Å². The molecule has 0 aromatic carbocycles. The van der Waals surface area contributed by atoms with Gasteiger partial charge >= 0.3 is 29.8 Å². The molecule has 36 heteroatoms. The van der Waals surface area contributed by atoms with Gasteiger partial charge in [0.2, 0.25) is 59.1 Å². The van der Waals surface area contributed by atoms with Crippen molar-refractivity contribution >= 4 is 94.9 Å². The summed E-state index contributed by atoms with van der Waals surface area (Å²) in [5, 5.41) is 77.9. The molecule has 11 atom stereocenters. The van der Waals surface area contributed by atoms with E-state index in [4.69, 9.17) is 38.9 Å². The lowest BCUT2D eigenvalue weighted by atomic mass is 10.0. The lowest BCUT2D eigenvalue weighted by Gasteiger charge is -2.28. The van der Waals surface area contributed by atoms with Crippen LogP contribution in [0.1, 0.15) is 130 Å². The molecule has 0 unspecified atom stereocenters. The number of carbonyl (C=O) groups excluding carboxylic acids is 10. The third kappa shape index (κ3) is 32.9. The highest BCUT2D eigenvalue weighted by molar-refractivity contribution is 5.99. The number of nitrogens with two attached hydrogens (primary N) is 5. The fourth-order valence-electron chi connectivity index (χ4n) is 7.77. The molecule has 0 saturated carbocycles. The molecule has 0 aliphatic rings. The van der Waals surface area contributed by atoms with E-state index in [0.717, 1.165) is 13.8 Å². The number of aliphatic imine (C=N–C) groups is 1. The summed E-state index contributed by atoms with van der Waals surface area (Å²) >= 11 is 0. The van der Waals surface area contributed by atoms with Crippen molar-refractivity contribution in [2.24, 2.45) is 39.6 Å². The number of aliphatic carboxylic acids is 5. The number of carbonyl (C=O) groups is 15. The minimum absolute atomic E-state index is 0.0201. The van der Waals surface area contributed by atoms with E-state index in [9.17, 15) is 92.3 Å². The van der Waals surface area contributed by atoms with Crippen molar-refractivity contribution in [1.82, 2.24) is 47.9 Å². The van der Waals surface area contributed by atoms with Crippen LogP contribution in [0.15, 0.2) is 4.99 Å². The number of carboxylic acid groups (broad SMARTS) is 5. The van der Waals surface area contributed by atoms with E-state index in [1.807, 2.05) is 0 Å². The van der Waals surface area contributed by atoms with Gasteiger partial charge in [-0.15, -0.1) is 0 Å². The first-order valence-corrected chi connectivity index (χ1v) is 27.4. The fraction of sp³-hybridized carbons (Fsp3) is 0.680. The van der Waals surface area contributed by atoms with Crippen LogP contribution in [0.3, 0.4) is 0 Å². The number of carboxylic acids is 5. The first kappa shape index (κ1) is 77.2. The van der Waals surface area contributed by atoms with Gasteiger partial charge in [-0.05, 0) is 96.9 Å². The van der Waals surface area contributed by atoms with E-state index in [1.54, 1.807) is 13.8 Å². The minimum Gasteiger partial charge on any atom is -0.481 e. The fourth-order valence-corrected chi connectivity index (χ4v) is 7.77. The Morgan fingerprint density at radius 3 is 1.17 bits per heavy atom. The number of primary amides is 1. The second kappa shape index (κ2) is 40.5. The number of hydrogen-bond donors (Lipinski definition) is 20. The van der Waals surface area contributed by atoms with Gasteiger partial charge in [0.15, 0.2) is 5.96 Å². The standard InChI is InChI=1S/C50H85N15O21/c1-23(2)22-33(47(83)63-32(49(85)86)14-19-38(74)75)64-43(79)28(9-7-21-56-50(54)55)62-48(84)39(25(4)66)65-40(76)24(3)57-42(78)27(8-5-6-20-51)59-44(80)29(11-15-34(53)67)60-46(82)31(13-18-37(72)73)61-45(81)30(12-17-36(70)71)58-41(77)26(52)10-16-35(68)69/h23-33,39,66H,5-22,51-52H2,1-4H3,(H2,53,67)(H,57,78)(H,58,77)(H,59,80)(H,60,82)(H,61,81)(H,62,84)(H,63,83)(H,64,79)(H,65,76)(H,68,69)(H,70,71)(H,72,73)(H,74,75)(H,85,86)(H4,54,55,56)/t24-,25+,26-,27-,28-,29-,30-,31-,32-,33-,39-/m0/s1. The Kier molecular flexibility index (Phi) is 36.3. The Bertz CT molecular complexity index is 2410. The van der Waals surface area contributed by atoms with Crippen molar-refractivity contribution in [2.75, 3.05) is 13.1 Å². The molecule has 0 rings (SSSR count). The lowest BCUT2D eigenvalue weighted by Crippen LogP contribution is -2.61. The van der Waals surface area contributed by atoms with Crippen LogP contribution in [-0.4, -0.2) is 205 Å². The van der Waals surface area contributed by atoms with Crippen LogP contribution >= 0.6 is 0 Å². The van der Waals surface area contributed by atoms with Crippen LogP contribution in [0.2, 0.25) is 0 Å². The molecule has 0 radical (unpaired) electrons. The van der Waals surface area contributed by atoms with Crippen molar-refractivity contribution in [3.05, 3.63) is 0 Å². The van der Waals surface area contributed by atoms with Gasteiger partial charge in [-0.3, -0.25) is 72.1 Å². The average molecular weight is 1230 g/mol. The summed E-state index contributed by atoms with van der Waals surface area (Å²) in [6.07, 6.45) is -7.73. The molecule has 0 bridgehead atoms. The molecule has 0 aliphatic carbocycles. The van der Waals surface area contributed by atoms with Gasteiger partial charge in [-0.1, -0.05) is 13.8 Å². The Morgan fingerprint density at radius 1 is 0.407 bits per heavy atom. The summed E-state index contributed by atoms with van der Waals surface area (Å²) in [4.78, 5) is 196. The number of hydrogen-bond acceptors (Lipinski definition) is 19. The SMILES string of the molecule is CC(C)C[C@H](NC(=O)[C@H](CCCN=C(N)N)NC(=O)[C@@H](NC(=O)[C@H](C)NC(=O)[C@H](CCCCN)NC(=O)[C@H](CCC(N)=O)NC(=O)[C@H](CCC(=O)O)NC(=O)[C@H](CCC(=O)O)NC(=O)[C@@H](N)CCC(=O)O)[C@@H](C)O)C(=O)N[C@@H](CCC(=O)O)C(=O)O. The molecule has 25 N–H and O–H groups in total. The van der Waals surface area contributed by atoms with Crippen molar-refractivity contribution in [3.8, 4) is 0 Å². The molecule has 10 amide bonds. The number of nitrogens with zero attached hydrogens (tertiary/aromatic N) is 1. The Labute approximate surface area is 493 Å². The molecule has 36 nitrogen and oxygen atoms in total. The number of unbranched alkanes of at least 4 members (excludes halogenated alkanes) is 1. The summed E-state index contributed by atoms with van der Waals surface area (Å²) in [5.41, 5.74) is 27.6. The lowest BCUT2D eigenvalue weighted by molar-refractivity contribution is -0.144. The van der Waals surface area contributed by atoms with E-state index >= 15 is 0 Å². The number of amides is 10. The number of aliphatic hydroxyl groups excluding tert-OH is 1. The highest BCUT2D eigenvalue weighted by atomic mass is 16.4. The van der Waals surface area contributed by atoms with Gasteiger partial charge in [-0.25, -0.2) is 4.79 Å². The third-order valence-corrected chi connectivity index (χ3v) is 12.5. The van der Waals surface area contributed by atoms with Crippen LogP contribution in [0, 0.1) is 5.92 Å². The zero-order valence-corrected chi connectivity index (χ0v) is 48.3. The second-order valence-corrected chi connectivity index (χ2v) is 20.4. The maximum atomic E-state index is 14.0. The van der Waals surface area contributed by atoms with Crippen LogP contribution in [0.25, 0.3) is 0 Å². The topological polar surface area (TPSA) is 628 Å². The summed E-state index contributed by atoms with van der Waals surface area (Å²) in [6, 6.07) is -16.5. The minimum atomic E-state index is -1.86. The first-order chi connectivity index (χ1) is 40.1. The molecule has 86 heavy (non-hydrogen) atoms. The molecule has 0 aliphatic heterocycles. The van der Waals surface area contributed by atoms with Crippen LogP contribution in [0.5, 0.6) is 0 Å². The monoisotopic (exact) mass is 1230 g/mol. The summed E-state index contributed by atoms with van der Waals surface area (Å²) < 4.78 is 0. The van der Waals surface area contributed by atoms with Crippen LogP contribution in [-0.2, 0) is 71.9 Å². The molecule has 0 spiro atoms. The second-order valence-electron chi connectivity index (χ2n) is 20.4. The molecular weight excluding hydrogens is 1150 g/mol. The van der Waals surface area contributed by atoms with Crippen LogP contribution in [0.4, 0.5) is 0 Å². The molecule has 486 valence electrons. The van der Waals surface area contributed by atoms with E-state index < -0.39 is 220 Å². The quantitative estimate of drug-likeness (QED) is 0.0153. The normalized spacial score (nSPS) is 14.8. The Hall–Kier alpha value is -8.80. The van der Waals surface area contributed by atoms with Crippen molar-refractivity contribution < 1.29 is 103 Å². The van der Waals surface area contributed by atoms with E-state index in [2.05, 4.69) is 52.8 Å². The Balaban J connectivity index is 6.78. The predicted molar refractivity (Wildman–Crippen MR) is 299 cm³/mol. The zero-order valence-electron chi connectivity index (χ0n) is 48.3. The molecule has 0 fully saturated rings. The van der Waals surface area contributed by atoms with Gasteiger partial charge in [0.05, 0.1) is 12.1 Å². The van der Waals surface area contributed by atoms with Gasteiger partial charge in [-0.2, -0.15) is 0 Å². The first-order valence-electron chi connectivity index (χ1n) is 27.4. The summed E-state index contributed by atoms with van der Waals surface area (Å²) in [5.74, 6) is -18.7. The van der Waals surface area contributed by atoms with Crippen molar-refractivity contribution in [3.63, 3.8) is 0 Å². The maximum Gasteiger partial charge on any atom is 0.326 e. The predicted octanol–water partition coefficient (Wildman–Crippen LogP) is -6.88. The number of rotatable bonds is 45.